The van der Waals surface area contributed by atoms with Crippen molar-refractivity contribution < 1.29 is 40.7 Å². The molecule has 0 aromatic carbocycles. The number of aromatic nitrogens is 7. The lowest BCUT2D eigenvalue weighted by Gasteiger charge is -2.16. The Morgan fingerprint density at radius 1 is 0.836 bits per heavy atom. The first-order valence-electron chi connectivity index (χ1n) is 15.4. The van der Waals surface area contributed by atoms with Gasteiger partial charge in [0.15, 0.2) is 17.8 Å². The second-order valence-corrected chi connectivity index (χ2v) is 23.2. The summed E-state index contributed by atoms with van der Waals surface area (Å²) in [5.41, 5.74) is -0.209. The van der Waals surface area contributed by atoms with Gasteiger partial charge in [0.1, 0.15) is 41.6 Å². The van der Waals surface area contributed by atoms with Crippen LogP contribution in [0.1, 0.15) is 28.7 Å². The number of ketones is 1. The van der Waals surface area contributed by atoms with E-state index in [4.69, 9.17) is 4.74 Å². The van der Waals surface area contributed by atoms with E-state index in [1.54, 1.807) is 36.4 Å². The molecule has 5 aromatic rings. The van der Waals surface area contributed by atoms with E-state index in [1.165, 1.54) is 30.1 Å². The third-order valence-electron chi connectivity index (χ3n) is 6.36. The van der Waals surface area contributed by atoms with Crippen LogP contribution in [-0.2, 0) is 28.6 Å². The maximum Gasteiger partial charge on any atom is 0.434 e. The molecule has 0 saturated carbocycles. The molecule has 0 aliphatic rings. The van der Waals surface area contributed by atoms with E-state index in [-0.39, 0.29) is 27.9 Å². The highest BCUT2D eigenvalue weighted by molar-refractivity contribution is 9.25. The molecule has 0 radical (unpaired) electrons. The molecule has 5 heterocycles. The van der Waals surface area contributed by atoms with Gasteiger partial charge in [-0.15, -0.1) is 0 Å². The molecule has 0 bridgehead atoms. The number of imidazole rings is 2. The topological polar surface area (TPSA) is 129 Å². The van der Waals surface area contributed by atoms with Gasteiger partial charge >= 0.3 is 12.4 Å². The van der Waals surface area contributed by atoms with E-state index in [1.807, 2.05) is 0 Å². The summed E-state index contributed by atoms with van der Waals surface area (Å²) in [6.45, 7) is 8.71. The van der Waals surface area contributed by atoms with Gasteiger partial charge in [0, 0.05) is 56.2 Å². The summed E-state index contributed by atoms with van der Waals surface area (Å²) in [4.78, 5) is 41.5. The van der Waals surface area contributed by atoms with Gasteiger partial charge in [-0.3, -0.25) is 9.59 Å². The van der Waals surface area contributed by atoms with Crippen molar-refractivity contribution in [1.82, 2.24) is 34.5 Å². The average Bonchev–Trinajstić information content (AvgIpc) is 3.77. The van der Waals surface area contributed by atoms with Crippen LogP contribution >= 0.6 is 79.6 Å². The Kier molecular flexibility index (Phi) is 19.7. The minimum Gasteiger partial charge on any atom is -0.361 e. The Labute approximate surface area is 355 Å². The highest BCUT2D eigenvalue weighted by Gasteiger charge is 2.35. The van der Waals surface area contributed by atoms with Crippen LogP contribution in [-0.4, -0.2) is 65.0 Å². The van der Waals surface area contributed by atoms with E-state index in [2.05, 4.69) is 129 Å². The number of hydrogen-bond acceptors (Lipinski definition) is 8. The number of aromatic amines is 1. The maximum atomic E-state index is 13.0. The Hall–Kier alpha value is -2.63. The first-order chi connectivity index (χ1) is 25.5. The zero-order chi connectivity index (χ0) is 41.6. The van der Waals surface area contributed by atoms with Gasteiger partial charge in [-0.2, -0.15) is 26.3 Å². The first kappa shape index (κ1) is 48.5. The van der Waals surface area contributed by atoms with E-state index in [0.717, 1.165) is 29.3 Å². The van der Waals surface area contributed by atoms with E-state index in [0.29, 0.717) is 32.5 Å². The third-order valence-corrected chi connectivity index (χ3v) is 10.8. The molecule has 5 rings (SSSR count). The van der Waals surface area contributed by atoms with Crippen molar-refractivity contribution in [3.8, 4) is 22.8 Å². The third kappa shape index (κ3) is 18.5. The zero-order valence-corrected chi connectivity index (χ0v) is 38.1. The standard InChI is InChI=1S/C15H19BrF3N3OSi.C9H5BrF3N3.C6H4BrNO.C3H4Br2O/c1-24(2,3)7-6-23-10-22-9-12(15(17,18)19)21-14(22)11-4-5-13(16)20-8-11;10-7-2-1-5(3-14-7)8-15-4-6(16-8)9(11,12)13;7-6-2-1-5(4-9)3-8-6;1-2(6)3(4)5/h4-5,8-9H,6-7,10H2,1-3H3;1-4H,(H,15,16);1-4H;3H,1H3. The van der Waals surface area contributed by atoms with Gasteiger partial charge in [0.25, 0.3) is 0 Å². The number of nitrogens with one attached hydrogen (secondary N) is 1. The molecular formula is C33H32Br5F6N7O3Si. The van der Waals surface area contributed by atoms with Crippen LogP contribution in [0.3, 0.4) is 0 Å². The van der Waals surface area contributed by atoms with Crippen LogP contribution in [0.4, 0.5) is 26.3 Å². The molecule has 0 spiro atoms. The molecule has 0 fully saturated rings. The lowest BCUT2D eigenvalue weighted by atomic mass is 10.3. The van der Waals surface area contributed by atoms with Crippen LogP contribution in [0.2, 0.25) is 25.7 Å². The summed E-state index contributed by atoms with van der Waals surface area (Å²) in [6, 6.07) is 10.9. The van der Waals surface area contributed by atoms with Gasteiger partial charge in [0.05, 0.1) is 6.20 Å². The minimum atomic E-state index is -4.50. The SMILES string of the molecule is CC(=O)C(Br)Br.C[Si](C)(C)CCOCn1cc(C(F)(F)F)nc1-c1ccc(Br)nc1.FC(F)(F)c1cnc(-c2ccc(Br)nc2)[nH]1.O=Cc1ccc(Br)nc1. The molecule has 0 aliphatic carbocycles. The quantitative estimate of drug-likeness (QED) is 0.0386. The number of alkyl halides is 8. The van der Waals surface area contributed by atoms with Crippen molar-refractivity contribution in [2.75, 3.05) is 6.61 Å². The molecule has 22 heteroatoms. The minimum absolute atomic E-state index is 0.0267. The predicted octanol–water partition coefficient (Wildman–Crippen LogP) is 11.6. The fourth-order valence-corrected chi connectivity index (χ4v) is 4.98. The van der Waals surface area contributed by atoms with Crippen LogP contribution in [0.25, 0.3) is 22.8 Å². The monoisotopic (exact) mass is 1110 g/mol. The summed E-state index contributed by atoms with van der Waals surface area (Å²) >= 11 is 15.5. The second-order valence-electron chi connectivity index (χ2n) is 12.1. The van der Waals surface area contributed by atoms with Gasteiger partial charge in [0.2, 0.25) is 0 Å². The zero-order valence-electron chi connectivity index (χ0n) is 29.2. The number of H-pyrrole nitrogens is 1. The number of pyridine rings is 3. The number of carbonyl (C=O) groups excluding carboxylic acids is 2. The average molecular weight is 1120 g/mol. The number of ether oxygens (including phenoxy) is 1. The molecule has 10 nitrogen and oxygen atoms in total. The summed E-state index contributed by atoms with van der Waals surface area (Å²) < 4.78 is 84.5. The highest BCUT2D eigenvalue weighted by atomic mass is 79.9. The van der Waals surface area contributed by atoms with Crippen LogP contribution < -0.4 is 0 Å². The van der Waals surface area contributed by atoms with Crippen molar-refractivity contribution >= 4 is 99.8 Å². The maximum absolute atomic E-state index is 13.0. The fourth-order valence-electron chi connectivity index (χ4n) is 3.52. The molecule has 0 atom stereocenters. The van der Waals surface area contributed by atoms with Gasteiger partial charge < -0.3 is 14.3 Å². The van der Waals surface area contributed by atoms with E-state index < -0.39 is 31.8 Å². The lowest BCUT2D eigenvalue weighted by Crippen LogP contribution is -2.22. The number of halogens is 11. The molecule has 5 aromatic heterocycles. The summed E-state index contributed by atoms with van der Waals surface area (Å²) in [5, 5.41) is 0. The van der Waals surface area contributed by atoms with Crippen molar-refractivity contribution in [3.05, 3.63) is 98.1 Å². The predicted molar refractivity (Wildman–Crippen MR) is 216 cm³/mol. The molecule has 1 N–H and O–H groups in total. The van der Waals surface area contributed by atoms with Crippen molar-refractivity contribution in [3.63, 3.8) is 0 Å². The normalized spacial score (nSPS) is 11.4. The number of hydrogen-bond donors (Lipinski definition) is 1. The van der Waals surface area contributed by atoms with Crippen LogP contribution in [0.5, 0.6) is 0 Å². The van der Waals surface area contributed by atoms with Crippen LogP contribution in [0, 0.1) is 0 Å². The molecule has 55 heavy (non-hydrogen) atoms. The smallest absolute Gasteiger partial charge is 0.361 e. The Morgan fingerprint density at radius 3 is 1.76 bits per heavy atom. The largest absolute Gasteiger partial charge is 0.434 e. The number of carbonyl (C=O) groups is 2. The van der Waals surface area contributed by atoms with Crippen LogP contribution in [0.15, 0.2) is 81.2 Å². The highest BCUT2D eigenvalue weighted by Crippen LogP contribution is 2.32. The number of rotatable bonds is 9. The summed E-state index contributed by atoms with van der Waals surface area (Å²) in [6.07, 6.45) is -1.98. The van der Waals surface area contributed by atoms with Crippen molar-refractivity contribution in [1.29, 1.82) is 0 Å². The van der Waals surface area contributed by atoms with Gasteiger partial charge in [-0.25, -0.2) is 24.9 Å². The number of aldehydes is 1. The Balaban J connectivity index is 0.000000287. The van der Waals surface area contributed by atoms with Crippen molar-refractivity contribution in [2.24, 2.45) is 0 Å². The first-order valence-corrected chi connectivity index (χ1v) is 23.4. The summed E-state index contributed by atoms with van der Waals surface area (Å²) in [7, 11) is -1.25. The molecule has 298 valence electrons. The number of Topliss-reactive ketones (excluding diaryl/α,β-unsaturated/α-hetero) is 1. The molecule has 0 aliphatic heterocycles. The lowest BCUT2D eigenvalue weighted by molar-refractivity contribution is -0.141. The fraction of sp³-hybridized carbons (Fsp3) is 0.303. The Bertz CT molecular complexity index is 1940. The molecule has 0 amide bonds. The second kappa shape index (κ2) is 22.3. The summed E-state index contributed by atoms with van der Waals surface area (Å²) in [5.74, 6) is 0.428. The Morgan fingerprint density at radius 2 is 1.36 bits per heavy atom. The number of nitrogens with zero attached hydrogens (tertiary/aromatic N) is 6. The molecular weight excluding hydrogens is 1080 g/mol. The molecule has 0 saturated heterocycles. The van der Waals surface area contributed by atoms with Crippen molar-refractivity contribution in [2.45, 2.75) is 55.4 Å². The molecule has 0 unspecified atom stereocenters. The van der Waals surface area contributed by atoms with E-state index in [9.17, 15) is 35.9 Å². The van der Waals surface area contributed by atoms with E-state index >= 15 is 0 Å². The van der Waals surface area contributed by atoms with Gasteiger partial charge in [-0.1, -0.05) is 51.5 Å². The van der Waals surface area contributed by atoms with Gasteiger partial charge in [-0.05, 0) is 97.2 Å².